The van der Waals surface area contributed by atoms with Crippen LogP contribution in [0.4, 0.5) is 0 Å². The number of sulfonamides is 2. The second-order valence-electron chi connectivity index (χ2n) is 12.4. The molecule has 0 fully saturated rings. The molecular formula is C36H46N2O4S2. The summed E-state index contributed by atoms with van der Waals surface area (Å²) in [5.41, 5.74) is 6.88. The molecule has 2 heterocycles. The molecular weight excluding hydrogens is 589 g/mol. The standard InChI is InChI=1S/C36H46N2O4S2/c1-29-17-21-35(22-18-29)43(39,40)37-25-31-13-9-5-3-7-11-15-33-27-38(44(41,42)36-23-19-30(2)20-24-36)28-34(33)16-12-8-4-6-10-14-32(31)26-37/h9,12-13,16-24H,3-8,10-11,14-15,25-28H2,1-2H3/b13-9+,16-12+. The third-order valence-electron chi connectivity index (χ3n) is 8.99. The molecule has 2 aliphatic heterocycles. The van der Waals surface area contributed by atoms with Crippen LogP contribution in [0.3, 0.4) is 0 Å². The molecule has 1 aliphatic carbocycles. The number of rotatable bonds is 4. The zero-order valence-corrected chi connectivity index (χ0v) is 27.8. The molecule has 0 bridgehead atoms. The molecule has 0 radical (unpaired) electrons. The minimum absolute atomic E-state index is 0.362. The fourth-order valence-electron chi connectivity index (χ4n) is 6.23. The van der Waals surface area contributed by atoms with Crippen LogP contribution in [0, 0.1) is 13.8 Å². The van der Waals surface area contributed by atoms with E-state index < -0.39 is 20.0 Å². The zero-order valence-electron chi connectivity index (χ0n) is 26.2. The second-order valence-corrected chi connectivity index (χ2v) is 16.3. The maximum absolute atomic E-state index is 13.4. The molecule has 236 valence electrons. The van der Waals surface area contributed by atoms with E-state index in [0.717, 1.165) is 86.5 Å². The maximum Gasteiger partial charge on any atom is 0.243 e. The van der Waals surface area contributed by atoms with Crippen molar-refractivity contribution in [1.82, 2.24) is 8.61 Å². The van der Waals surface area contributed by atoms with E-state index in [0.29, 0.717) is 36.0 Å². The average molecular weight is 635 g/mol. The fourth-order valence-corrected chi connectivity index (χ4v) is 9.06. The molecule has 0 spiro atoms. The van der Waals surface area contributed by atoms with E-state index in [1.165, 1.54) is 11.1 Å². The number of nitrogens with zero attached hydrogens (tertiary/aromatic N) is 2. The van der Waals surface area contributed by atoms with E-state index in [-0.39, 0.29) is 0 Å². The van der Waals surface area contributed by atoms with Gasteiger partial charge in [0.15, 0.2) is 0 Å². The summed E-state index contributed by atoms with van der Waals surface area (Å²) in [6.45, 7) is 5.73. The summed E-state index contributed by atoms with van der Waals surface area (Å²) in [5.74, 6) is 0. The van der Waals surface area contributed by atoms with Crippen molar-refractivity contribution < 1.29 is 16.8 Å². The SMILES string of the molecule is Cc1ccc(S(=O)(=O)N2CC3=C(CCCCC/C=C/C4=C(CCCCC/C=C/3)CN(S(=O)(=O)c3ccc(C)cc3)C4)C2)cc1. The smallest absolute Gasteiger partial charge is 0.207 e. The first kappa shape index (κ1) is 32.6. The number of hydrogen-bond donors (Lipinski definition) is 0. The van der Waals surface area contributed by atoms with Crippen molar-refractivity contribution in [3.05, 3.63) is 106 Å². The van der Waals surface area contributed by atoms with Crippen molar-refractivity contribution >= 4 is 20.0 Å². The van der Waals surface area contributed by atoms with E-state index in [4.69, 9.17) is 0 Å². The number of hydrogen-bond acceptors (Lipinski definition) is 4. The Morgan fingerprint density at radius 3 is 1.27 bits per heavy atom. The molecule has 2 aromatic rings. The zero-order chi connectivity index (χ0) is 31.2. The highest BCUT2D eigenvalue weighted by atomic mass is 32.2. The Morgan fingerprint density at radius 1 is 0.500 bits per heavy atom. The van der Waals surface area contributed by atoms with Crippen LogP contribution in [0.2, 0.25) is 0 Å². The number of aryl methyl sites for hydroxylation is 2. The van der Waals surface area contributed by atoms with Crippen molar-refractivity contribution in [3.63, 3.8) is 0 Å². The van der Waals surface area contributed by atoms with Gasteiger partial charge in [0, 0.05) is 26.2 Å². The Bertz CT molecular complexity index is 1520. The minimum Gasteiger partial charge on any atom is -0.207 e. The summed E-state index contributed by atoms with van der Waals surface area (Å²) in [6, 6.07) is 14.3. The first-order chi connectivity index (χ1) is 21.1. The van der Waals surface area contributed by atoms with Gasteiger partial charge in [-0.25, -0.2) is 16.8 Å². The van der Waals surface area contributed by atoms with E-state index in [2.05, 4.69) is 24.3 Å². The third-order valence-corrected chi connectivity index (χ3v) is 12.6. The summed E-state index contributed by atoms with van der Waals surface area (Å²) in [5, 5.41) is 0. The highest BCUT2D eigenvalue weighted by Gasteiger charge is 2.32. The lowest BCUT2D eigenvalue weighted by Gasteiger charge is -2.17. The van der Waals surface area contributed by atoms with Gasteiger partial charge in [-0.15, -0.1) is 0 Å². The van der Waals surface area contributed by atoms with Crippen molar-refractivity contribution in [3.8, 4) is 0 Å². The Balaban J connectivity index is 1.22. The van der Waals surface area contributed by atoms with E-state index in [9.17, 15) is 16.8 Å². The Labute approximate surface area is 265 Å². The summed E-state index contributed by atoms with van der Waals surface area (Å²) < 4.78 is 56.9. The molecule has 3 aliphatic rings. The Kier molecular flexibility index (Phi) is 10.8. The third kappa shape index (κ3) is 7.89. The van der Waals surface area contributed by atoms with Crippen LogP contribution >= 0.6 is 0 Å². The van der Waals surface area contributed by atoms with Gasteiger partial charge in [-0.1, -0.05) is 83.7 Å². The lowest BCUT2D eigenvalue weighted by atomic mass is 10.0. The van der Waals surface area contributed by atoms with Crippen molar-refractivity contribution in [2.75, 3.05) is 26.2 Å². The summed E-state index contributed by atoms with van der Waals surface area (Å²) in [7, 11) is -7.07. The summed E-state index contributed by atoms with van der Waals surface area (Å²) in [4.78, 5) is 0.725. The molecule has 6 nitrogen and oxygen atoms in total. The van der Waals surface area contributed by atoms with Crippen molar-refractivity contribution in [2.45, 2.75) is 87.8 Å². The first-order valence-corrected chi connectivity index (χ1v) is 18.9. The highest BCUT2D eigenvalue weighted by Crippen LogP contribution is 2.31. The fraction of sp³-hybridized carbons (Fsp3) is 0.444. The lowest BCUT2D eigenvalue weighted by Crippen LogP contribution is -2.29. The quantitative estimate of drug-likeness (QED) is 0.347. The van der Waals surface area contributed by atoms with E-state index >= 15 is 0 Å². The van der Waals surface area contributed by atoms with Crippen LogP contribution in [0.25, 0.3) is 0 Å². The molecule has 2 aromatic carbocycles. The van der Waals surface area contributed by atoms with Gasteiger partial charge < -0.3 is 0 Å². The molecule has 5 rings (SSSR count). The van der Waals surface area contributed by atoms with E-state index in [1.807, 2.05) is 38.1 Å². The highest BCUT2D eigenvalue weighted by molar-refractivity contribution is 7.89. The number of allylic oxidation sites excluding steroid dienone is 2. The molecule has 8 heteroatoms. The Morgan fingerprint density at radius 2 is 0.886 bits per heavy atom. The van der Waals surface area contributed by atoms with Crippen LogP contribution in [0.15, 0.2) is 105 Å². The second kappa shape index (κ2) is 14.5. The predicted octanol–water partition coefficient (Wildman–Crippen LogP) is 7.63. The molecule has 0 aromatic heterocycles. The molecule has 0 unspecified atom stereocenters. The largest absolute Gasteiger partial charge is 0.243 e. The van der Waals surface area contributed by atoms with Gasteiger partial charge in [0.05, 0.1) is 9.79 Å². The van der Waals surface area contributed by atoms with Crippen LogP contribution in [0.1, 0.15) is 75.3 Å². The topological polar surface area (TPSA) is 74.8 Å². The average Bonchev–Trinajstić information content (AvgIpc) is 3.61. The first-order valence-electron chi connectivity index (χ1n) is 16.0. The molecule has 44 heavy (non-hydrogen) atoms. The van der Waals surface area contributed by atoms with Crippen molar-refractivity contribution in [2.24, 2.45) is 0 Å². The Hall–Kier alpha value is -2.78. The number of benzene rings is 2. The summed E-state index contributed by atoms with van der Waals surface area (Å²) in [6.07, 6.45) is 18.7. The van der Waals surface area contributed by atoms with E-state index in [1.54, 1.807) is 32.9 Å². The minimum atomic E-state index is -3.54. The van der Waals surface area contributed by atoms with Gasteiger partial charge in [0.1, 0.15) is 0 Å². The van der Waals surface area contributed by atoms with Gasteiger partial charge in [-0.2, -0.15) is 8.61 Å². The molecule has 0 N–H and O–H groups in total. The predicted molar refractivity (Wildman–Crippen MR) is 178 cm³/mol. The molecule has 0 amide bonds. The van der Waals surface area contributed by atoms with Crippen LogP contribution in [-0.4, -0.2) is 51.6 Å². The monoisotopic (exact) mass is 634 g/mol. The van der Waals surface area contributed by atoms with Crippen molar-refractivity contribution in [1.29, 1.82) is 0 Å². The normalized spacial score (nSPS) is 21.9. The van der Waals surface area contributed by atoms with Crippen LogP contribution in [0.5, 0.6) is 0 Å². The van der Waals surface area contributed by atoms with Gasteiger partial charge in [-0.05, 0) is 101 Å². The molecule has 0 atom stereocenters. The van der Waals surface area contributed by atoms with Crippen LogP contribution in [-0.2, 0) is 20.0 Å². The molecule has 0 saturated heterocycles. The van der Waals surface area contributed by atoms with Crippen LogP contribution < -0.4 is 0 Å². The molecule has 0 saturated carbocycles. The van der Waals surface area contributed by atoms with Gasteiger partial charge in [0.2, 0.25) is 20.0 Å². The van der Waals surface area contributed by atoms with Gasteiger partial charge >= 0.3 is 0 Å². The van der Waals surface area contributed by atoms with Gasteiger partial charge in [0.25, 0.3) is 0 Å². The van der Waals surface area contributed by atoms with Gasteiger partial charge in [-0.3, -0.25) is 0 Å². The maximum atomic E-state index is 13.4. The lowest BCUT2D eigenvalue weighted by molar-refractivity contribution is 0.478. The summed E-state index contributed by atoms with van der Waals surface area (Å²) >= 11 is 0.